The zero-order chi connectivity index (χ0) is 11.3. The van der Waals surface area contributed by atoms with Gasteiger partial charge in [0.2, 0.25) is 0 Å². The number of hydrogen-bond acceptors (Lipinski definition) is 3. The van der Waals surface area contributed by atoms with E-state index in [4.69, 9.17) is 11.6 Å². The highest BCUT2D eigenvalue weighted by Crippen LogP contribution is 2.16. The smallest absolute Gasteiger partial charge is 0.134 e. The molecule has 0 saturated carbocycles. The molecule has 0 aliphatic rings. The van der Waals surface area contributed by atoms with Crippen molar-refractivity contribution in [1.82, 2.24) is 9.97 Å². The molecule has 1 rings (SSSR count). The molecule has 0 aromatic carbocycles. The van der Waals surface area contributed by atoms with Gasteiger partial charge in [0, 0.05) is 25.6 Å². The summed E-state index contributed by atoms with van der Waals surface area (Å²) in [6, 6.07) is 1.83. The molecule has 1 aromatic heterocycles. The van der Waals surface area contributed by atoms with E-state index < -0.39 is 0 Å². The molecule has 0 aliphatic heterocycles. The number of nitrogens with zero attached hydrogens (tertiary/aromatic N) is 3. The van der Waals surface area contributed by atoms with Gasteiger partial charge >= 0.3 is 0 Å². The van der Waals surface area contributed by atoms with Crippen molar-refractivity contribution in [3.05, 3.63) is 17.0 Å². The van der Waals surface area contributed by atoms with Crippen molar-refractivity contribution < 1.29 is 0 Å². The van der Waals surface area contributed by atoms with Crippen molar-refractivity contribution in [2.75, 3.05) is 18.0 Å². The highest BCUT2D eigenvalue weighted by Gasteiger charge is 2.07. The van der Waals surface area contributed by atoms with Crippen LogP contribution in [0, 0.1) is 0 Å². The maximum Gasteiger partial charge on any atom is 0.134 e. The Morgan fingerprint density at radius 1 is 1.27 bits per heavy atom. The summed E-state index contributed by atoms with van der Waals surface area (Å²) in [5.74, 6) is 1.75. The van der Waals surface area contributed by atoms with E-state index in [9.17, 15) is 0 Å². The second-order valence-electron chi connectivity index (χ2n) is 3.40. The molecule has 0 radical (unpaired) electrons. The zero-order valence-electron chi connectivity index (χ0n) is 9.63. The minimum Gasteiger partial charge on any atom is -0.357 e. The van der Waals surface area contributed by atoms with Crippen LogP contribution in [0.5, 0.6) is 0 Å². The average molecular weight is 228 g/mol. The molecule has 0 fully saturated rings. The third kappa shape index (κ3) is 3.34. The minimum absolute atomic E-state index is 0.534. The van der Waals surface area contributed by atoms with Crippen LogP contribution in [0.4, 0.5) is 5.82 Å². The van der Waals surface area contributed by atoms with Crippen molar-refractivity contribution in [1.29, 1.82) is 0 Å². The summed E-state index contributed by atoms with van der Waals surface area (Å²) >= 11 is 5.95. The monoisotopic (exact) mass is 227 g/mol. The first-order chi connectivity index (χ1) is 7.21. The number of hydrogen-bond donors (Lipinski definition) is 0. The van der Waals surface area contributed by atoms with Crippen LogP contribution in [-0.4, -0.2) is 23.1 Å². The lowest BCUT2D eigenvalue weighted by Crippen LogP contribution is -2.25. The van der Waals surface area contributed by atoms with Crippen LogP contribution in [0.25, 0.3) is 0 Å². The van der Waals surface area contributed by atoms with Crippen LogP contribution in [0.15, 0.2) is 6.07 Å². The second kappa shape index (κ2) is 5.91. The molecule has 1 heterocycles. The van der Waals surface area contributed by atoms with Crippen LogP contribution < -0.4 is 4.90 Å². The Balaban J connectivity index is 2.95. The van der Waals surface area contributed by atoms with E-state index in [0.29, 0.717) is 5.15 Å². The number of aryl methyl sites for hydroxylation is 1. The topological polar surface area (TPSA) is 29.0 Å². The van der Waals surface area contributed by atoms with Crippen LogP contribution in [-0.2, 0) is 6.42 Å². The minimum atomic E-state index is 0.534. The molecule has 0 aliphatic carbocycles. The van der Waals surface area contributed by atoms with Crippen molar-refractivity contribution >= 4 is 17.4 Å². The second-order valence-corrected chi connectivity index (χ2v) is 3.79. The van der Waals surface area contributed by atoms with Gasteiger partial charge in [0.25, 0.3) is 0 Å². The third-order valence-electron chi connectivity index (χ3n) is 2.24. The molecule has 3 nitrogen and oxygen atoms in total. The first kappa shape index (κ1) is 12.2. The molecule has 1 aromatic rings. The highest BCUT2D eigenvalue weighted by molar-refractivity contribution is 6.29. The number of rotatable bonds is 5. The lowest BCUT2D eigenvalue weighted by atomic mass is 10.3. The summed E-state index contributed by atoms with van der Waals surface area (Å²) in [6.07, 6.45) is 1.92. The molecule has 0 atom stereocenters. The quantitative estimate of drug-likeness (QED) is 0.725. The van der Waals surface area contributed by atoms with Crippen LogP contribution in [0.1, 0.15) is 33.0 Å². The molecule has 15 heavy (non-hydrogen) atoms. The van der Waals surface area contributed by atoms with Gasteiger partial charge in [0.05, 0.1) is 0 Å². The molecule has 0 spiro atoms. The SMILES string of the molecule is CCCN(CC)c1cc(Cl)nc(CC)n1. The molecule has 0 amide bonds. The Morgan fingerprint density at radius 2 is 2.00 bits per heavy atom. The molecular weight excluding hydrogens is 210 g/mol. The Morgan fingerprint density at radius 3 is 2.53 bits per heavy atom. The van der Waals surface area contributed by atoms with E-state index in [1.807, 2.05) is 13.0 Å². The predicted octanol–water partition coefficient (Wildman–Crippen LogP) is 2.93. The average Bonchev–Trinajstić information content (AvgIpc) is 2.24. The fourth-order valence-electron chi connectivity index (χ4n) is 1.48. The van der Waals surface area contributed by atoms with Gasteiger partial charge in [0.15, 0.2) is 0 Å². The van der Waals surface area contributed by atoms with Gasteiger partial charge in [-0.2, -0.15) is 0 Å². The summed E-state index contributed by atoms with van der Waals surface area (Å²) in [4.78, 5) is 10.8. The summed E-state index contributed by atoms with van der Waals surface area (Å²) in [7, 11) is 0. The van der Waals surface area contributed by atoms with E-state index in [1.54, 1.807) is 0 Å². The Labute approximate surface area is 96.5 Å². The molecule has 0 unspecified atom stereocenters. The highest BCUT2D eigenvalue weighted by atomic mass is 35.5. The van der Waals surface area contributed by atoms with Crippen molar-refractivity contribution in [2.24, 2.45) is 0 Å². The molecule has 84 valence electrons. The van der Waals surface area contributed by atoms with Gasteiger partial charge in [-0.1, -0.05) is 25.4 Å². The maximum atomic E-state index is 5.95. The van der Waals surface area contributed by atoms with E-state index in [1.165, 1.54) is 0 Å². The lowest BCUT2D eigenvalue weighted by Gasteiger charge is -2.21. The van der Waals surface area contributed by atoms with Crippen molar-refractivity contribution in [2.45, 2.75) is 33.6 Å². The molecule has 4 heteroatoms. The zero-order valence-corrected chi connectivity index (χ0v) is 10.4. The van der Waals surface area contributed by atoms with Gasteiger partial charge < -0.3 is 4.90 Å². The van der Waals surface area contributed by atoms with E-state index in [-0.39, 0.29) is 0 Å². The van der Waals surface area contributed by atoms with Gasteiger partial charge in [0.1, 0.15) is 16.8 Å². The van der Waals surface area contributed by atoms with Gasteiger partial charge in [-0.3, -0.25) is 0 Å². The molecule has 0 N–H and O–H groups in total. The largest absolute Gasteiger partial charge is 0.357 e. The van der Waals surface area contributed by atoms with Crippen LogP contribution >= 0.6 is 11.6 Å². The molecule has 0 saturated heterocycles. The standard InChI is InChI=1S/C11H18ClN3/c1-4-7-15(6-3)11-8-9(12)13-10(5-2)14-11/h8H,4-7H2,1-3H3. The fraction of sp³-hybridized carbons (Fsp3) is 0.636. The number of anilines is 1. The van der Waals surface area contributed by atoms with Crippen LogP contribution in [0.3, 0.4) is 0 Å². The Kier molecular flexibility index (Phi) is 4.82. The summed E-state index contributed by atoms with van der Waals surface area (Å²) in [6.45, 7) is 8.27. The first-order valence-electron chi connectivity index (χ1n) is 5.49. The molecule has 0 bridgehead atoms. The van der Waals surface area contributed by atoms with E-state index >= 15 is 0 Å². The van der Waals surface area contributed by atoms with E-state index in [0.717, 1.165) is 37.6 Å². The normalized spacial score (nSPS) is 10.4. The Hall–Kier alpha value is -0.830. The lowest BCUT2D eigenvalue weighted by molar-refractivity contribution is 0.768. The molecular formula is C11H18ClN3. The summed E-state index contributed by atoms with van der Waals surface area (Å²) in [5.41, 5.74) is 0. The van der Waals surface area contributed by atoms with Gasteiger partial charge in [-0.15, -0.1) is 0 Å². The third-order valence-corrected chi connectivity index (χ3v) is 2.44. The van der Waals surface area contributed by atoms with Gasteiger partial charge in [-0.25, -0.2) is 9.97 Å². The van der Waals surface area contributed by atoms with Gasteiger partial charge in [-0.05, 0) is 13.3 Å². The van der Waals surface area contributed by atoms with E-state index in [2.05, 4.69) is 28.7 Å². The van der Waals surface area contributed by atoms with Crippen molar-refractivity contribution in [3.8, 4) is 0 Å². The Bertz CT molecular complexity index is 315. The predicted molar refractivity (Wildman–Crippen MR) is 64.6 cm³/mol. The van der Waals surface area contributed by atoms with Crippen LogP contribution in [0.2, 0.25) is 5.15 Å². The summed E-state index contributed by atoms with van der Waals surface area (Å²) in [5, 5.41) is 0.534. The number of halogens is 1. The fourth-order valence-corrected chi connectivity index (χ4v) is 1.67. The number of aromatic nitrogens is 2. The summed E-state index contributed by atoms with van der Waals surface area (Å²) < 4.78 is 0. The first-order valence-corrected chi connectivity index (χ1v) is 5.87. The van der Waals surface area contributed by atoms with Crippen molar-refractivity contribution in [3.63, 3.8) is 0 Å². The maximum absolute atomic E-state index is 5.95.